The maximum Gasteiger partial charge on any atom is 0.338 e. The number of aryl methyl sites for hydroxylation is 2. The monoisotopic (exact) mass is 419 g/mol. The van der Waals surface area contributed by atoms with Gasteiger partial charge < -0.3 is 20.3 Å². The Labute approximate surface area is 180 Å². The van der Waals surface area contributed by atoms with E-state index in [1.165, 1.54) is 11.1 Å². The molecular formula is C24H25N3O4. The van der Waals surface area contributed by atoms with Crippen molar-refractivity contribution in [2.45, 2.75) is 51.2 Å². The van der Waals surface area contributed by atoms with Gasteiger partial charge in [0.05, 0.1) is 16.9 Å². The minimum atomic E-state index is -0.950. The van der Waals surface area contributed by atoms with Crippen LogP contribution in [0.1, 0.15) is 47.7 Å². The first-order chi connectivity index (χ1) is 15.0. The Morgan fingerprint density at radius 2 is 1.97 bits per heavy atom. The number of hydrogen-bond donors (Lipinski definition) is 2. The van der Waals surface area contributed by atoms with Gasteiger partial charge in [0.15, 0.2) is 6.10 Å². The van der Waals surface area contributed by atoms with Crippen LogP contribution in [0.5, 0.6) is 0 Å². The number of nitrogens with one attached hydrogen (secondary N) is 2. The summed E-state index contributed by atoms with van der Waals surface area (Å²) >= 11 is 0. The molecule has 0 unspecified atom stereocenters. The largest absolute Gasteiger partial charge is 0.449 e. The summed E-state index contributed by atoms with van der Waals surface area (Å²) in [5.74, 6) is -1.02. The van der Waals surface area contributed by atoms with Crippen LogP contribution in [0, 0.1) is 0 Å². The van der Waals surface area contributed by atoms with Crippen LogP contribution in [0.15, 0.2) is 36.4 Å². The van der Waals surface area contributed by atoms with E-state index >= 15 is 0 Å². The number of fused-ring (bicyclic) bond motifs is 4. The van der Waals surface area contributed by atoms with E-state index in [1.807, 2.05) is 24.3 Å². The van der Waals surface area contributed by atoms with Gasteiger partial charge in [-0.2, -0.15) is 0 Å². The zero-order chi connectivity index (χ0) is 21.5. The molecule has 0 saturated carbocycles. The van der Waals surface area contributed by atoms with E-state index in [9.17, 15) is 14.4 Å². The molecule has 1 aliphatic carbocycles. The fourth-order valence-electron chi connectivity index (χ4n) is 4.73. The summed E-state index contributed by atoms with van der Waals surface area (Å²) in [4.78, 5) is 39.5. The molecular weight excluding hydrogens is 394 g/mol. The number of hydrogen-bond acceptors (Lipinski definition) is 5. The number of carbonyl (C=O) groups excluding carboxylic acids is 3. The van der Waals surface area contributed by atoms with Crippen LogP contribution in [0.25, 0.3) is 0 Å². The number of esters is 1. The molecule has 1 fully saturated rings. The summed E-state index contributed by atoms with van der Waals surface area (Å²) < 4.78 is 5.39. The van der Waals surface area contributed by atoms with Gasteiger partial charge in [0, 0.05) is 12.2 Å². The minimum absolute atomic E-state index is 0.0439. The van der Waals surface area contributed by atoms with Gasteiger partial charge in [-0.05, 0) is 80.5 Å². The van der Waals surface area contributed by atoms with E-state index in [0.29, 0.717) is 16.9 Å². The third-order valence-corrected chi connectivity index (χ3v) is 6.37. The molecule has 2 atom stereocenters. The van der Waals surface area contributed by atoms with Crippen molar-refractivity contribution >= 4 is 34.8 Å². The maximum absolute atomic E-state index is 12.6. The molecule has 0 radical (unpaired) electrons. The average molecular weight is 419 g/mol. The molecule has 0 spiro atoms. The quantitative estimate of drug-likeness (QED) is 0.743. The van der Waals surface area contributed by atoms with Crippen molar-refractivity contribution in [1.29, 1.82) is 0 Å². The van der Waals surface area contributed by atoms with Gasteiger partial charge in [-0.15, -0.1) is 0 Å². The van der Waals surface area contributed by atoms with Crippen LogP contribution in [0.2, 0.25) is 0 Å². The van der Waals surface area contributed by atoms with Gasteiger partial charge in [-0.25, -0.2) is 4.79 Å². The van der Waals surface area contributed by atoms with Gasteiger partial charge in [-0.3, -0.25) is 9.59 Å². The molecule has 7 heteroatoms. The second kappa shape index (κ2) is 7.72. The molecule has 0 aromatic heterocycles. The molecule has 2 aliphatic heterocycles. The van der Waals surface area contributed by atoms with Crippen molar-refractivity contribution in [2.24, 2.45) is 0 Å². The molecule has 2 N–H and O–H groups in total. The topological polar surface area (TPSA) is 87.7 Å². The molecule has 7 nitrogen and oxygen atoms in total. The number of amides is 2. The number of benzene rings is 2. The Morgan fingerprint density at radius 3 is 2.84 bits per heavy atom. The summed E-state index contributed by atoms with van der Waals surface area (Å²) in [6.45, 7) is 2.38. The van der Waals surface area contributed by atoms with Gasteiger partial charge in [0.1, 0.15) is 6.04 Å². The third-order valence-electron chi connectivity index (χ3n) is 6.37. The molecule has 3 aliphatic rings. The Kier molecular flexibility index (Phi) is 4.88. The van der Waals surface area contributed by atoms with E-state index in [-0.39, 0.29) is 17.9 Å². The highest BCUT2D eigenvalue weighted by Gasteiger charge is 2.36. The summed E-state index contributed by atoms with van der Waals surface area (Å²) in [5.41, 5.74) is 5.13. The van der Waals surface area contributed by atoms with Crippen LogP contribution in [0.4, 0.5) is 17.1 Å². The lowest BCUT2D eigenvalue weighted by Gasteiger charge is -2.33. The van der Waals surface area contributed by atoms with E-state index in [4.69, 9.17) is 4.74 Å². The highest BCUT2D eigenvalue weighted by atomic mass is 16.5. The summed E-state index contributed by atoms with van der Waals surface area (Å²) in [6.07, 6.45) is 4.10. The molecule has 5 rings (SSSR count). The molecule has 1 saturated heterocycles. The van der Waals surface area contributed by atoms with E-state index < -0.39 is 12.1 Å². The highest BCUT2D eigenvalue weighted by molar-refractivity contribution is 6.06. The van der Waals surface area contributed by atoms with E-state index in [0.717, 1.165) is 44.3 Å². The fourth-order valence-corrected chi connectivity index (χ4v) is 4.73. The van der Waals surface area contributed by atoms with Crippen molar-refractivity contribution in [3.05, 3.63) is 53.1 Å². The standard InChI is InChI=1S/C24H25N3O4/c1-14(22(28)25-18-9-7-15-4-2-5-16(15)12-18)31-24(30)17-8-10-20-19(13-17)26-23(29)21-6-3-11-27(20)21/h7-10,12-14,21H,2-6,11H2,1H3,(H,25,28)(H,26,29)/t14-,21+/m0/s1. The summed E-state index contributed by atoms with van der Waals surface area (Å²) in [5, 5.41) is 5.72. The predicted octanol–water partition coefficient (Wildman–Crippen LogP) is 3.28. The number of carbonyl (C=O) groups is 3. The number of rotatable bonds is 4. The molecule has 31 heavy (non-hydrogen) atoms. The van der Waals surface area contributed by atoms with Crippen LogP contribution >= 0.6 is 0 Å². The second-order valence-corrected chi connectivity index (χ2v) is 8.45. The lowest BCUT2D eigenvalue weighted by Crippen LogP contribution is -2.43. The van der Waals surface area contributed by atoms with Gasteiger partial charge in [0.25, 0.3) is 5.91 Å². The Morgan fingerprint density at radius 1 is 1.13 bits per heavy atom. The minimum Gasteiger partial charge on any atom is -0.449 e. The van der Waals surface area contributed by atoms with Gasteiger partial charge in [0.2, 0.25) is 5.91 Å². The van der Waals surface area contributed by atoms with Crippen molar-refractivity contribution in [1.82, 2.24) is 0 Å². The van der Waals surface area contributed by atoms with Crippen molar-refractivity contribution in [3.8, 4) is 0 Å². The maximum atomic E-state index is 12.6. The normalized spacial score (nSPS) is 19.7. The lowest BCUT2D eigenvalue weighted by atomic mass is 10.1. The first-order valence-electron chi connectivity index (χ1n) is 10.8. The molecule has 0 bridgehead atoms. The van der Waals surface area contributed by atoms with E-state index in [1.54, 1.807) is 19.1 Å². The second-order valence-electron chi connectivity index (χ2n) is 8.45. The molecule has 2 aromatic carbocycles. The Bertz CT molecular complexity index is 1080. The van der Waals surface area contributed by atoms with E-state index in [2.05, 4.69) is 15.5 Å². The number of anilines is 3. The number of nitrogens with zero attached hydrogens (tertiary/aromatic N) is 1. The smallest absolute Gasteiger partial charge is 0.338 e. The van der Waals surface area contributed by atoms with Crippen LogP contribution < -0.4 is 15.5 Å². The first kappa shape index (κ1) is 19.6. The Balaban J connectivity index is 1.25. The van der Waals surface area contributed by atoms with Crippen LogP contribution in [-0.2, 0) is 27.2 Å². The third kappa shape index (κ3) is 3.65. The van der Waals surface area contributed by atoms with Gasteiger partial charge >= 0.3 is 5.97 Å². The van der Waals surface area contributed by atoms with Crippen molar-refractivity contribution in [3.63, 3.8) is 0 Å². The SMILES string of the molecule is C[C@H](OC(=O)c1ccc2c(c1)NC(=O)[C@H]1CCCN21)C(=O)Nc1ccc2c(c1)CCC2. The molecule has 2 aromatic rings. The Hall–Kier alpha value is -3.35. The van der Waals surface area contributed by atoms with Crippen LogP contribution in [-0.4, -0.2) is 36.5 Å². The highest BCUT2D eigenvalue weighted by Crippen LogP contribution is 2.37. The van der Waals surface area contributed by atoms with Gasteiger partial charge in [-0.1, -0.05) is 6.07 Å². The number of ether oxygens (including phenoxy) is 1. The first-order valence-corrected chi connectivity index (χ1v) is 10.8. The van der Waals surface area contributed by atoms with Crippen molar-refractivity contribution in [2.75, 3.05) is 22.1 Å². The zero-order valence-electron chi connectivity index (χ0n) is 17.4. The van der Waals surface area contributed by atoms with Crippen LogP contribution in [0.3, 0.4) is 0 Å². The van der Waals surface area contributed by atoms with Crippen molar-refractivity contribution < 1.29 is 19.1 Å². The molecule has 2 amide bonds. The lowest BCUT2D eigenvalue weighted by molar-refractivity contribution is -0.123. The molecule has 2 heterocycles. The fraction of sp³-hybridized carbons (Fsp3) is 0.375. The average Bonchev–Trinajstić information content (AvgIpc) is 3.43. The zero-order valence-corrected chi connectivity index (χ0v) is 17.4. The summed E-state index contributed by atoms with van der Waals surface area (Å²) in [7, 11) is 0. The summed E-state index contributed by atoms with van der Waals surface area (Å²) in [6, 6.07) is 10.9. The molecule has 160 valence electrons. The predicted molar refractivity (Wildman–Crippen MR) is 117 cm³/mol.